The summed E-state index contributed by atoms with van der Waals surface area (Å²) in [5, 5.41) is 25.6. The first-order valence-electron chi connectivity index (χ1n) is 10.8. The first-order valence-corrected chi connectivity index (χ1v) is 12.7. The number of β-lactam (4-membered cyclic amide) rings is 1. The number of rotatable bonds is 10. The van der Waals surface area contributed by atoms with Gasteiger partial charge in [0.2, 0.25) is 5.75 Å². The van der Waals surface area contributed by atoms with Crippen LogP contribution >= 0.6 is 23.1 Å². The Balaban J connectivity index is 1.50. The van der Waals surface area contributed by atoms with Gasteiger partial charge >= 0.3 is 5.97 Å². The standard InChI is InChI=1S/C22H23N5O9S2/c1-33-12-4-10(5-13(34-2)17(12)35-3)36-6-9-7-37-20-15(19(29)27(20)16(9)21(30)31)25-18(28)14(26-32)11-8-38-22(23)24-11/h4-5,8,15,20,32H,6-7H2,1-3H3,(H2,23,24)(H,25,28)(H,30,31)/b26-14-/t15?,20-/m1/s1. The third-order valence-electron chi connectivity index (χ3n) is 5.67. The number of amides is 2. The number of anilines is 1. The van der Waals surface area contributed by atoms with Crippen LogP contribution in [0.1, 0.15) is 5.69 Å². The van der Waals surface area contributed by atoms with Gasteiger partial charge in [-0.05, 0) is 0 Å². The molecule has 1 unspecified atom stereocenters. The lowest BCUT2D eigenvalue weighted by molar-refractivity contribution is -0.150. The maximum absolute atomic E-state index is 12.9. The molecule has 2 aliphatic heterocycles. The second-order valence-electron chi connectivity index (χ2n) is 7.79. The number of nitrogens with two attached hydrogens (primary N) is 1. The van der Waals surface area contributed by atoms with E-state index >= 15 is 0 Å². The molecule has 16 heteroatoms. The van der Waals surface area contributed by atoms with Gasteiger partial charge in [-0.25, -0.2) is 9.78 Å². The molecule has 4 rings (SSSR count). The number of nitrogens with one attached hydrogen (secondary N) is 1. The van der Waals surface area contributed by atoms with Gasteiger partial charge in [0.1, 0.15) is 35.2 Å². The zero-order valence-corrected chi connectivity index (χ0v) is 21.9. The van der Waals surface area contributed by atoms with Gasteiger partial charge in [0.05, 0.1) is 21.3 Å². The minimum atomic E-state index is -1.31. The average Bonchev–Trinajstić information content (AvgIpc) is 3.34. The van der Waals surface area contributed by atoms with Gasteiger partial charge < -0.3 is 40.3 Å². The van der Waals surface area contributed by atoms with Gasteiger partial charge in [0, 0.05) is 28.8 Å². The number of thioether (sulfide) groups is 1. The molecule has 1 saturated heterocycles. The molecule has 2 aliphatic rings. The number of hydrogen-bond acceptors (Lipinski definition) is 13. The molecular formula is C22H23N5O9S2. The summed E-state index contributed by atoms with van der Waals surface area (Å²) >= 11 is 2.30. The molecule has 3 heterocycles. The second-order valence-corrected chi connectivity index (χ2v) is 9.78. The number of aliphatic carboxylic acids is 1. The van der Waals surface area contributed by atoms with E-state index in [0.717, 1.165) is 16.2 Å². The summed E-state index contributed by atoms with van der Waals surface area (Å²) in [6, 6.07) is 2.10. The predicted molar refractivity (Wildman–Crippen MR) is 136 cm³/mol. The number of nitrogens with zero attached hydrogens (tertiary/aromatic N) is 3. The lowest BCUT2D eigenvalue weighted by atomic mass is 10.0. The molecule has 14 nitrogen and oxygen atoms in total. The van der Waals surface area contributed by atoms with Crippen molar-refractivity contribution in [3.8, 4) is 23.0 Å². The number of hydrogen-bond donors (Lipinski definition) is 4. The van der Waals surface area contributed by atoms with E-state index in [1.165, 1.54) is 38.5 Å². The number of oxime groups is 1. The third kappa shape index (κ3) is 4.87. The Bertz CT molecular complexity index is 1320. The number of nitrogen functional groups attached to an aromatic ring is 1. The first kappa shape index (κ1) is 26.9. The minimum Gasteiger partial charge on any atom is -0.493 e. The van der Waals surface area contributed by atoms with Gasteiger partial charge in [-0.1, -0.05) is 5.16 Å². The third-order valence-corrected chi connectivity index (χ3v) is 7.68. The molecule has 38 heavy (non-hydrogen) atoms. The predicted octanol–water partition coefficient (Wildman–Crippen LogP) is 0.747. The Hall–Kier alpha value is -4.18. The van der Waals surface area contributed by atoms with Crippen molar-refractivity contribution in [1.82, 2.24) is 15.2 Å². The highest BCUT2D eigenvalue weighted by Crippen LogP contribution is 2.42. The maximum atomic E-state index is 12.9. The molecule has 1 aromatic carbocycles. The van der Waals surface area contributed by atoms with E-state index in [0.29, 0.717) is 28.6 Å². The van der Waals surface area contributed by atoms with E-state index in [9.17, 15) is 24.7 Å². The van der Waals surface area contributed by atoms with Crippen LogP contribution in [0.3, 0.4) is 0 Å². The number of carbonyl (C=O) groups is 3. The topological polar surface area (TPSA) is 195 Å². The van der Waals surface area contributed by atoms with E-state index in [1.54, 1.807) is 12.1 Å². The molecule has 2 amide bonds. The molecule has 2 aromatic rings. The number of thiazole rings is 1. The van der Waals surface area contributed by atoms with Crippen LogP contribution in [0.4, 0.5) is 5.13 Å². The molecule has 1 fully saturated rings. The molecule has 1 aromatic heterocycles. The molecule has 5 N–H and O–H groups in total. The van der Waals surface area contributed by atoms with E-state index in [2.05, 4.69) is 15.5 Å². The summed E-state index contributed by atoms with van der Waals surface area (Å²) in [7, 11) is 4.37. The molecule has 0 saturated carbocycles. The van der Waals surface area contributed by atoms with Crippen LogP contribution in [-0.4, -0.2) is 88.8 Å². The Labute approximate surface area is 224 Å². The van der Waals surface area contributed by atoms with Crippen molar-refractivity contribution < 1.29 is 43.6 Å². The van der Waals surface area contributed by atoms with Crippen LogP contribution in [-0.2, 0) is 14.4 Å². The number of methoxy groups -OCH3 is 3. The SMILES string of the molecule is COc1cc(OCC2=C(C(=O)O)N3C(=O)C(NC(=O)/C(=N\O)c4csc(N)n4)[C@H]3SC2)cc(OC)c1OC. The quantitative estimate of drug-likeness (QED) is 0.137. The Morgan fingerprint density at radius 3 is 2.45 bits per heavy atom. The molecule has 0 bridgehead atoms. The molecule has 202 valence electrons. The fraction of sp³-hybridized carbons (Fsp3) is 0.318. The van der Waals surface area contributed by atoms with Crippen molar-refractivity contribution in [3.05, 3.63) is 34.5 Å². The normalized spacial score (nSPS) is 18.9. The van der Waals surface area contributed by atoms with Crippen molar-refractivity contribution in [3.63, 3.8) is 0 Å². The van der Waals surface area contributed by atoms with E-state index in [-0.39, 0.29) is 28.9 Å². The minimum absolute atomic E-state index is 0.0461. The highest BCUT2D eigenvalue weighted by Gasteiger charge is 2.54. The summed E-state index contributed by atoms with van der Waals surface area (Å²) in [6.07, 6.45) is 0. The number of carboxylic acid groups (broad SMARTS) is 1. The average molecular weight is 566 g/mol. The van der Waals surface area contributed by atoms with Crippen molar-refractivity contribution in [2.45, 2.75) is 11.4 Å². The maximum Gasteiger partial charge on any atom is 0.352 e. The lowest BCUT2D eigenvalue weighted by Gasteiger charge is -2.49. The number of fused-ring (bicyclic) bond motifs is 1. The van der Waals surface area contributed by atoms with Gasteiger partial charge in [0.15, 0.2) is 22.3 Å². The van der Waals surface area contributed by atoms with Gasteiger partial charge in [-0.2, -0.15) is 0 Å². The zero-order valence-electron chi connectivity index (χ0n) is 20.3. The van der Waals surface area contributed by atoms with Crippen molar-refractivity contribution in [2.24, 2.45) is 5.16 Å². The number of carboxylic acids is 1. The summed E-state index contributed by atoms with van der Waals surface area (Å²) in [4.78, 5) is 42.7. The van der Waals surface area contributed by atoms with Crippen LogP contribution in [0, 0.1) is 0 Å². The highest BCUT2D eigenvalue weighted by molar-refractivity contribution is 8.00. The van der Waals surface area contributed by atoms with Crippen LogP contribution in [0.2, 0.25) is 0 Å². The van der Waals surface area contributed by atoms with Crippen molar-refractivity contribution >= 4 is 51.7 Å². The largest absolute Gasteiger partial charge is 0.493 e. The van der Waals surface area contributed by atoms with Gasteiger partial charge in [0.25, 0.3) is 11.8 Å². The molecule has 0 aliphatic carbocycles. The molecular weight excluding hydrogens is 542 g/mol. The highest BCUT2D eigenvalue weighted by atomic mass is 32.2. The fourth-order valence-electron chi connectivity index (χ4n) is 3.92. The van der Waals surface area contributed by atoms with Crippen molar-refractivity contribution in [1.29, 1.82) is 0 Å². The summed E-state index contributed by atoms with van der Waals surface area (Å²) < 4.78 is 21.7. The second kappa shape index (κ2) is 11.1. The fourth-order valence-corrected chi connectivity index (χ4v) is 5.80. The first-order chi connectivity index (χ1) is 18.2. The molecule has 2 atom stereocenters. The van der Waals surface area contributed by atoms with E-state index in [4.69, 9.17) is 24.7 Å². The summed E-state index contributed by atoms with van der Waals surface area (Å²) in [6.45, 7) is -0.132. The van der Waals surface area contributed by atoms with Crippen molar-refractivity contribution in [2.75, 3.05) is 39.4 Å². The Morgan fingerprint density at radius 1 is 1.24 bits per heavy atom. The number of benzene rings is 1. The Morgan fingerprint density at radius 2 is 1.92 bits per heavy atom. The van der Waals surface area contributed by atoms with E-state index < -0.39 is 34.9 Å². The van der Waals surface area contributed by atoms with Crippen LogP contribution in [0.5, 0.6) is 23.0 Å². The van der Waals surface area contributed by atoms with Gasteiger partial charge in [-0.15, -0.1) is 23.1 Å². The van der Waals surface area contributed by atoms with Crippen LogP contribution < -0.4 is 30.0 Å². The Kier molecular flexibility index (Phi) is 7.82. The number of ether oxygens (including phenoxy) is 4. The number of carbonyl (C=O) groups excluding carboxylic acids is 2. The zero-order chi connectivity index (χ0) is 27.6. The smallest absolute Gasteiger partial charge is 0.352 e. The van der Waals surface area contributed by atoms with Crippen LogP contribution in [0.25, 0.3) is 0 Å². The monoisotopic (exact) mass is 565 g/mol. The summed E-state index contributed by atoms with van der Waals surface area (Å²) in [5.41, 5.74) is 5.33. The van der Waals surface area contributed by atoms with Crippen LogP contribution in [0.15, 0.2) is 33.9 Å². The molecule has 0 spiro atoms. The molecule has 0 radical (unpaired) electrons. The van der Waals surface area contributed by atoms with Gasteiger partial charge in [-0.3, -0.25) is 14.5 Å². The number of aromatic nitrogens is 1. The van der Waals surface area contributed by atoms with E-state index in [1.807, 2.05) is 0 Å². The summed E-state index contributed by atoms with van der Waals surface area (Å²) in [5.74, 6) is -1.16. The lowest BCUT2D eigenvalue weighted by Crippen LogP contribution is -2.71.